The molecule has 0 atom stereocenters. The second-order valence-electron chi connectivity index (χ2n) is 5.86. The molecular weight excluding hydrogens is 318 g/mol. The largest absolute Gasteiger partial charge is 0.308 e. The van der Waals surface area contributed by atoms with Gasteiger partial charge >= 0.3 is 0 Å². The van der Waals surface area contributed by atoms with Crippen LogP contribution in [0.25, 0.3) is 0 Å². The highest BCUT2D eigenvalue weighted by atomic mass is 79.9. The number of sulfone groups is 1. The van der Waals surface area contributed by atoms with Gasteiger partial charge in [0.15, 0.2) is 15.7 Å². The zero-order valence-electron chi connectivity index (χ0n) is 11.7. The van der Waals surface area contributed by atoms with Crippen molar-refractivity contribution in [2.24, 2.45) is 0 Å². The molecule has 0 spiro atoms. The van der Waals surface area contributed by atoms with Gasteiger partial charge < -0.3 is 4.57 Å². The predicted molar refractivity (Wildman–Crippen MR) is 75.5 cm³/mol. The molecule has 7 heteroatoms. The van der Waals surface area contributed by atoms with E-state index in [1.54, 1.807) is 13.8 Å². The summed E-state index contributed by atoms with van der Waals surface area (Å²) in [7, 11) is -3.27. The van der Waals surface area contributed by atoms with Crippen LogP contribution in [0.4, 0.5) is 0 Å². The van der Waals surface area contributed by atoms with Gasteiger partial charge in [0, 0.05) is 11.8 Å². The lowest BCUT2D eigenvalue weighted by molar-refractivity contribution is 0.360. The number of hydrogen-bond acceptors (Lipinski definition) is 4. The van der Waals surface area contributed by atoms with Crippen molar-refractivity contribution in [3.63, 3.8) is 0 Å². The Morgan fingerprint density at radius 2 is 1.67 bits per heavy atom. The standard InChI is InChI=1S/C11H20BrN3O2S/c1-10(2,3)15-8(7-12)13-14-9(15)11(4,5)18(6,16)17/h7H2,1-6H3. The molecule has 18 heavy (non-hydrogen) atoms. The van der Waals surface area contributed by atoms with Crippen molar-refractivity contribution in [3.05, 3.63) is 11.6 Å². The van der Waals surface area contributed by atoms with Gasteiger partial charge in [-0.2, -0.15) is 0 Å². The van der Waals surface area contributed by atoms with Crippen LogP contribution in [0.15, 0.2) is 0 Å². The molecule has 0 aromatic carbocycles. The van der Waals surface area contributed by atoms with E-state index < -0.39 is 14.6 Å². The van der Waals surface area contributed by atoms with Crippen molar-refractivity contribution in [2.75, 3.05) is 6.26 Å². The van der Waals surface area contributed by atoms with E-state index >= 15 is 0 Å². The summed E-state index contributed by atoms with van der Waals surface area (Å²) < 4.78 is 24.7. The van der Waals surface area contributed by atoms with Gasteiger partial charge in [-0.1, -0.05) is 15.9 Å². The number of halogens is 1. The fourth-order valence-electron chi connectivity index (χ4n) is 1.66. The number of rotatable bonds is 3. The molecule has 0 amide bonds. The Morgan fingerprint density at radius 1 is 1.17 bits per heavy atom. The van der Waals surface area contributed by atoms with Crippen molar-refractivity contribution < 1.29 is 8.42 Å². The third kappa shape index (κ3) is 2.61. The summed E-state index contributed by atoms with van der Waals surface area (Å²) in [5.74, 6) is 1.21. The molecule has 0 saturated heterocycles. The molecule has 1 heterocycles. The maximum absolute atomic E-state index is 11.9. The van der Waals surface area contributed by atoms with Gasteiger partial charge in [0.2, 0.25) is 0 Å². The fraction of sp³-hybridized carbons (Fsp3) is 0.818. The summed E-state index contributed by atoms with van der Waals surface area (Å²) >= 11 is 3.36. The normalized spacial score (nSPS) is 13.9. The molecule has 1 aromatic rings. The summed E-state index contributed by atoms with van der Waals surface area (Å²) in [5.41, 5.74) is -0.274. The van der Waals surface area contributed by atoms with E-state index in [0.29, 0.717) is 11.2 Å². The van der Waals surface area contributed by atoms with Crippen LogP contribution in [-0.4, -0.2) is 29.4 Å². The Kier molecular flexibility index (Phi) is 3.99. The topological polar surface area (TPSA) is 64.8 Å². The fourth-order valence-corrected chi connectivity index (χ4v) is 2.49. The minimum absolute atomic E-state index is 0.274. The molecular formula is C11H20BrN3O2S. The quantitative estimate of drug-likeness (QED) is 0.793. The Morgan fingerprint density at radius 3 is 2.00 bits per heavy atom. The number of alkyl halides is 1. The lowest BCUT2D eigenvalue weighted by atomic mass is 10.1. The first kappa shape index (κ1) is 15.6. The van der Waals surface area contributed by atoms with Crippen molar-refractivity contribution in [1.82, 2.24) is 14.8 Å². The smallest absolute Gasteiger partial charge is 0.159 e. The summed E-state index contributed by atoms with van der Waals surface area (Å²) in [4.78, 5) is 0. The predicted octanol–water partition coefficient (Wildman–Crippen LogP) is 2.21. The van der Waals surface area contributed by atoms with Crippen molar-refractivity contribution in [3.8, 4) is 0 Å². The maximum Gasteiger partial charge on any atom is 0.159 e. The highest BCUT2D eigenvalue weighted by Gasteiger charge is 2.40. The maximum atomic E-state index is 11.9. The molecule has 104 valence electrons. The Balaban J connectivity index is 3.59. The second-order valence-corrected chi connectivity index (χ2v) is 8.99. The lowest BCUT2D eigenvalue weighted by Gasteiger charge is -2.30. The van der Waals surface area contributed by atoms with Crippen LogP contribution in [0.3, 0.4) is 0 Å². The summed E-state index contributed by atoms with van der Waals surface area (Å²) in [6, 6.07) is 0. The van der Waals surface area contributed by atoms with E-state index in [1.165, 1.54) is 6.26 Å². The van der Waals surface area contributed by atoms with Crippen LogP contribution >= 0.6 is 15.9 Å². The van der Waals surface area contributed by atoms with E-state index in [0.717, 1.165) is 5.82 Å². The molecule has 0 fully saturated rings. The third-order valence-electron chi connectivity index (χ3n) is 2.99. The number of aromatic nitrogens is 3. The van der Waals surface area contributed by atoms with Gasteiger partial charge in [-0.25, -0.2) is 8.42 Å². The molecule has 0 N–H and O–H groups in total. The highest BCUT2D eigenvalue weighted by molar-refractivity contribution is 9.08. The second kappa shape index (κ2) is 4.59. The molecule has 0 unspecified atom stereocenters. The minimum Gasteiger partial charge on any atom is -0.308 e. The first-order valence-corrected chi connectivity index (χ1v) is 8.65. The summed E-state index contributed by atoms with van der Waals surface area (Å²) in [5, 5.41) is 8.72. The van der Waals surface area contributed by atoms with Gasteiger partial charge in [0.1, 0.15) is 10.6 Å². The highest BCUT2D eigenvalue weighted by Crippen LogP contribution is 2.32. The van der Waals surface area contributed by atoms with E-state index in [4.69, 9.17) is 0 Å². The average Bonchev–Trinajstić information content (AvgIpc) is 2.58. The van der Waals surface area contributed by atoms with Crippen LogP contribution < -0.4 is 0 Å². The first-order valence-electron chi connectivity index (χ1n) is 5.63. The Bertz CT molecular complexity index is 541. The van der Waals surface area contributed by atoms with E-state index in [1.807, 2.05) is 25.3 Å². The number of hydrogen-bond donors (Lipinski definition) is 0. The van der Waals surface area contributed by atoms with E-state index in [9.17, 15) is 8.42 Å². The molecule has 0 radical (unpaired) electrons. The molecule has 0 bridgehead atoms. The summed E-state index contributed by atoms with van der Waals surface area (Å²) in [6.45, 7) is 9.33. The molecule has 0 saturated carbocycles. The van der Waals surface area contributed by atoms with Crippen LogP contribution in [0.1, 0.15) is 46.3 Å². The van der Waals surface area contributed by atoms with Crippen LogP contribution in [0, 0.1) is 0 Å². The minimum atomic E-state index is -3.27. The van der Waals surface area contributed by atoms with Gasteiger partial charge in [0.25, 0.3) is 0 Å². The Labute approximate surface area is 117 Å². The first-order chi connectivity index (χ1) is 7.93. The van der Waals surface area contributed by atoms with Gasteiger partial charge in [0.05, 0.1) is 5.33 Å². The lowest BCUT2D eigenvalue weighted by Crippen LogP contribution is -2.36. The van der Waals surface area contributed by atoms with Crippen molar-refractivity contribution in [2.45, 2.75) is 50.2 Å². The van der Waals surface area contributed by atoms with Gasteiger partial charge in [-0.15, -0.1) is 10.2 Å². The van der Waals surface area contributed by atoms with Gasteiger partial charge in [-0.05, 0) is 34.6 Å². The zero-order valence-corrected chi connectivity index (χ0v) is 14.1. The molecule has 1 aromatic heterocycles. The average molecular weight is 338 g/mol. The molecule has 5 nitrogen and oxygen atoms in total. The van der Waals surface area contributed by atoms with Crippen molar-refractivity contribution in [1.29, 1.82) is 0 Å². The SMILES string of the molecule is CC(C)(C)n1c(CBr)nnc1C(C)(C)S(C)(=O)=O. The van der Waals surface area contributed by atoms with Crippen LogP contribution in [0.2, 0.25) is 0 Å². The molecule has 0 aliphatic heterocycles. The van der Waals surface area contributed by atoms with E-state index in [2.05, 4.69) is 26.1 Å². The Hall–Kier alpha value is -0.430. The van der Waals surface area contributed by atoms with Crippen LogP contribution in [-0.2, 0) is 25.5 Å². The van der Waals surface area contributed by atoms with Gasteiger partial charge in [-0.3, -0.25) is 0 Å². The van der Waals surface area contributed by atoms with E-state index in [-0.39, 0.29) is 5.54 Å². The summed E-state index contributed by atoms with van der Waals surface area (Å²) in [6.07, 6.45) is 1.22. The van der Waals surface area contributed by atoms with Crippen molar-refractivity contribution >= 4 is 25.8 Å². The third-order valence-corrected chi connectivity index (χ3v) is 5.52. The monoisotopic (exact) mass is 337 g/mol. The molecule has 0 aliphatic rings. The van der Waals surface area contributed by atoms with Crippen LogP contribution in [0.5, 0.6) is 0 Å². The molecule has 0 aliphatic carbocycles. The number of nitrogens with zero attached hydrogens (tertiary/aromatic N) is 3. The molecule has 1 rings (SSSR count). The zero-order chi connectivity index (χ0) is 14.4.